The standard InChI is InChI=1S/C48H53N5O5/c1-4-5-21-52(39-16-8-6-9-17-39)46(54)42-30-45(49(3)34(42)2)43-28-36-20-22-51(48(56)58-41-18-10-7-11-19-41)31-38(36)29-44(43)47(55)53-32-37-15-13-12-14-35(37)27-40(53)33-50-23-25-57-26-24-50/h6-19,28-30,40H,4-5,20-27,31-33H2,1-3H3/t40-/m0/s1. The van der Waals surface area contributed by atoms with Gasteiger partial charge in [-0.05, 0) is 90.9 Å². The lowest BCUT2D eigenvalue weighted by Gasteiger charge is -2.41. The summed E-state index contributed by atoms with van der Waals surface area (Å²) in [7, 11) is 1.98. The van der Waals surface area contributed by atoms with E-state index in [0.717, 1.165) is 78.2 Å². The molecule has 1 saturated heterocycles. The summed E-state index contributed by atoms with van der Waals surface area (Å²) in [5, 5.41) is 0. The molecule has 0 unspecified atom stereocenters. The van der Waals surface area contributed by atoms with Gasteiger partial charge in [0, 0.05) is 87.1 Å². The second-order valence-corrected chi connectivity index (χ2v) is 15.7. The number of nitrogens with zero attached hydrogens (tertiary/aromatic N) is 5. The SMILES string of the molecule is CCCCN(C(=O)c1cc(-c2cc3c(cc2C(=O)N2Cc4ccccc4C[C@H]2CN2CCOCC2)CN(C(=O)Oc2ccccc2)CC3)n(C)c1C)c1ccccc1. The van der Waals surface area contributed by atoms with Gasteiger partial charge in [-0.15, -0.1) is 0 Å². The molecule has 0 bridgehead atoms. The van der Waals surface area contributed by atoms with Crippen molar-refractivity contribution in [1.29, 1.82) is 0 Å². The van der Waals surface area contributed by atoms with E-state index in [2.05, 4.69) is 45.6 Å². The number of anilines is 1. The van der Waals surface area contributed by atoms with E-state index in [4.69, 9.17) is 9.47 Å². The van der Waals surface area contributed by atoms with Crippen LogP contribution in [0.2, 0.25) is 0 Å². The molecule has 1 fully saturated rings. The fourth-order valence-electron chi connectivity index (χ4n) is 8.62. The summed E-state index contributed by atoms with van der Waals surface area (Å²) in [6.07, 6.45) is 2.78. The number of aromatic nitrogens is 1. The maximum atomic E-state index is 15.4. The molecule has 1 atom stereocenters. The monoisotopic (exact) mass is 779 g/mol. The smallest absolute Gasteiger partial charge is 0.410 e. The van der Waals surface area contributed by atoms with Crippen LogP contribution in [0.15, 0.2) is 103 Å². The highest BCUT2D eigenvalue weighted by Gasteiger charge is 2.35. The number of unbranched alkanes of at least 4 members (excludes halogenated alkanes) is 1. The predicted molar refractivity (Wildman–Crippen MR) is 226 cm³/mol. The Morgan fingerprint density at radius 3 is 2.24 bits per heavy atom. The van der Waals surface area contributed by atoms with Gasteiger partial charge in [0.2, 0.25) is 0 Å². The molecule has 0 aliphatic carbocycles. The Bertz CT molecular complexity index is 2270. The zero-order valence-electron chi connectivity index (χ0n) is 33.9. The largest absolute Gasteiger partial charge is 0.415 e. The molecule has 0 saturated carbocycles. The number of morpholine rings is 1. The van der Waals surface area contributed by atoms with Crippen molar-refractivity contribution in [2.75, 3.05) is 50.8 Å². The van der Waals surface area contributed by atoms with Gasteiger partial charge < -0.3 is 28.7 Å². The van der Waals surface area contributed by atoms with Crippen LogP contribution in [0.3, 0.4) is 0 Å². The summed E-state index contributed by atoms with van der Waals surface area (Å²) < 4.78 is 13.5. The Morgan fingerprint density at radius 2 is 1.50 bits per heavy atom. The molecule has 3 aliphatic heterocycles. The average molecular weight is 780 g/mol. The Kier molecular flexibility index (Phi) is 11.8. The summed E-state index contributed by atoms with van der Waals surface area (Å²) >= 11 is 0. The summed E-state index contributed by atoms with van der Waals surface area (Å²) in [5.74, 6) is 0.372. The van der Waals surface area contributed by atoms with E-state index in [1.165, 1.54) is 5.56 Å². The van der Waals surface area contributed by atoms with Crippen LogP contribution >= 0.6 is 0 Å². The van der Waals surface area contributed by atoms with E-state index < -0.39 is 6.09 Å². The lowest BCUT2D eigenvalue weighted by atomic mass is 9.89. The molecule has 0 spiro atoms. The maximum absolute atomic E-state index is 15.4. The van der Waals surface area contributed by atoms with Crippen LogP contribution in [0.25, 0.3) is 11.3 Å². The molecule has 4 heterocycles. The normalized spacial score (nSPS) is 16.7. The van der Waals surface area contributed by atoms with Crippen LogP contribution in [0, 0.1) is 6.92 Å². The minimum atomic E-state index is -0.417. The van der Waals surface area contributed by atoms with Gasteiger partial charge in [0.05, 0.1) is 18.8 Å². The van der Waals surface area contributed by atoms with Gasteiger partial charge in [0.1, 0.15) is 5.75 Å². The molecule has 10 heteroatoms. The van der Waals surface area contributed by atoms with Crippen molar-refractivity contribution in [2.24, 2.45) is 7.05 Å². The number of hydrogen-bond acceptors (Lipinski definition) is 6. The fraction of sp³-hybridized carbons (Fsp3) is 0.354. The Hall–Kier alpha value is -5.71. The van der Waals surface area contributed by atoms with Crippen molar-refractivity contribution in [3.8, 4) is 17.0 Å². The lowest BCUT2D eigenvalue weighted by molar-refractivity contribution is 0.0193. The molecule has 58 heavy (non-hydrogen) atoms. The highest BCUT2D eigenvalue weighted by molar-refractivity contribution is 6.08. The number of fused-ring (bicyclic) bond motifs is 2. The molecule has 1 aromatic heterocycles. The number of amides is 3. The maximum Gasteiger partial charge on any atom is 0.415 e. The number of rotatable bonds is 10. The Labute approximate surface area is 341 Å². The number of ether oxygens (including phenoxy) is 2. The number of carbonyl (C=O) groups is 3. The summed E-state index contributed by atoms with van der Waals surface area (Å²) in [6, 6.07) is 33.4. The predicted octanol–water partition coefficient (Wildman–Crippen LogP) is 7.90. The van der Waals surface area contributed by atoms with E-state index in [0.29, 0.717) is 62.7 Å². The molecule has 3 amide bonds. The Balaban J connectivity index is 1.20. The third kappa shape index (κ3) is 8.17. The van der Waals surface area contributed by atoms with Crippen LogP contribution in [-0.4, -0.2) is 89.2 Å². The van der Waals surface area contributed by atoms with Crippen molar-refractivity contribution in [3.63, 3.8) is 0 Å². The molecule has 5 aromatic rings. The average Bonchev–Trinajstić information content (AvgIpc) is 3.56. The minimum Gasteiger partial charge on any atom is -0.410 e. The van der Waals surface area contributed by atoms with Gasteiger partial charge in [-0.25, -0.2) is 4.79 Å². The zero-order chi connectivity index (χ0) is 40.2. The topological polar surface area (TPSA) is 87.6 Å². The second-order valence-electron chi connectivity index (χ2n) is 15.7. The molecule has 4 aromatic carbocycles. The minimum absolute atomic E-state index is 0.0491. The van der Waals surface area contributed by atoms with Gasteiger partial charge in [0.15, 0.2) is 0 Å². The quantitative estimate of drug-likeness (QED) is 0.143. The van der Waals surface area contributed by atoms with Crippen molar-refractivity contribution in [1.82, 2.24) is 19.3 Å². The van der Waals surface area contributed by atoms with Gasteiger partial charge in [-0.3, -0.25) is 14.5 Å². The van der Waals surface area contributed by atoms with Gasteiger partial charge in [-0.2, -0.15) is 0 Å². The third-order valence-corrected chi connectivity index (χ3v) is 12.1. The summed E-state index contributed by atoms with van der Waals surface area (Å²) in [6.45, 7) is 9.79. The first kappa shape index (κ1) is 39.1. The lowest BCUT2D eigenvalue weighted by Crippen LogP contribution is -2.52. The number of hydrogen-bond donors (Lipinski definition) is 0. The van der Waals surface area contributed by atoms with Crippen LogP contribution in [0.5, 0.6) is 5.75 Å². The molecular formula is C48H53N5O5. The van der Waals surface area contributed by atoms with Crippen molar-refractivity contribution < 1.29 is 23.9 Å². The summed E-state index contributed by atoms with van der Waals surface area (Å²) in [4.78, 5) is 51.4. The van der Waals surface area contributed by atoms with Crippen LogP contribution in [0.4, 0.5) is 10.5 Å². The molecule has 0 radical (unpaired) electrons. The van der Waals surface area contributed by atoms with E-state index >= 15 is 4.79 Å². The van der Waals surface area contributed by atoms with E-state index in [1.807, 2.05) is 85.6 Å². The highest BCUT2D eigenvalue weighted by Crippen LogP contribution is 2.36. The van der Waals surface area contributed by atoms with Crippen LogP contribution < -0.4 is 9.64 Å². The fourth-order valence-corrected chi connectivity index (χ4v) is 8.62. The Morgan fingerprint density at radius 1 is 0.793 bits per heavy atom. The third-order valence-electron chi connectivity index (χ3n) is 12.1. The zero-order valence-corrected chi connectivity index (χ0v) is 33.9. The molecule has 3 aliphatic rings. The first-order valence-electron chi connectivity index (χ1n) is 20.7. The molecule has 8 rings (SSSR count). The first-order valence-corrected chi connectivity index (χ1v) is 20.7. The number of carbonyl (C=O) groups excluding carboxylic acids is 3. The number of para-hydroxylation sites is 2. The molecule has 0 N–H and O–H groups in total. The van der Waals surface area contributed by atoms with Crippen LogP contribution in [0.1, 0.15) is 68.4 Å². The van der Waals surface area contributed by atoms with Gasteiger partial charge >= 0.3 is 6.09 Å². The van der Waals surface area contributed by atoms with Crippen LogP contribution in [-0.2, 0) is 37.7 Å². The molecule has 300 valence electrons. The van der Waals surface area contributed by atoms with Crippen molar-refractivity contribution in [3.05, 3.63) is 142 Å². The first-order chi connectivity index (χ1) is 28.3. The number of benzene rings is 4. The van der Waals surface area contributed by atoms with Crippen molar-refractivity contribution in [2.45, 2.75) is 58.7 Å². The summed E-state index contributed by atoms with van der Waals surface area (Å²) in [5.41, 5.74) is 8.89. The van der Waals surface area contributed by atoms with Gasteiger partial charge in [0.25, 0.3) is 11.8 Å². The van der Waals surface area contributed by atoms with E-state index in [-0.39, 0.29) is 17.9 Å². The molecule has 10 nitrogen and oxygen atoms in total. The van der Waals surface area contributed by atoms with E-state index in [9.17, 15) is 9.59 Å². The van der Waals surface area contributed by atoms with Crippen molar-refractivity contribution >= 4 is 23.6 Å². The van der Waals surface area contributed by atoms with Gasteiger partial charge in [-0.1, -0.05) is 74.0 Å². The van der Waals surface area contributed by atoms with E-state index in [1.54, 1.807) is 17.0 Å². The second kappa shape index (κ2) is 17.4. The highest BCUT2D eigenvalue weighted by atomic mass is 16.6. The molecular weight excluding hydrogens is 727 g/mol.